The molecule has 1 fully saturated rings. The van der Waals surface area contributed by atoms with Crippen molar-refractivity contribution in [3.05, 3.63) is 0 Å². The van der Waals surface area contributed by atoms with Crippen molar-refractivity contribution in [3.8, 4) is 0 Å². The molecule has 1 saturated heterocycles. The van der Waals surface area contributed by atoms with E-state index in [1.165, 1.54) is 45.4 Å². The van der Waals surface area contributed by atoms with E-state index in [4.69, 9.17) is 9.47 Å². The van der Waals surface area contributed by atoms with Gasteiger partial charge >= 0.3 is 5.97 Å². The van der Waals surface area contributed by atoms with Gasteiger partial charge < -0.3 is 9.47 Å². The summed E-state index contributed by atoms with van der Waals surface area (Å²) in [4.78, 5) is 11.0. The molecular weight excluding hydrogens is 240 g/mol. The molecule has 2 atom stereocenters. The Bertz CT molecular complexity index is 255. The van der Waals surface area contributed by atoms with E-state index in [1.807, 2.05) is 6.92 Å². The Morgan fingerprint density at radius 1 is 1.26 bits per heavy atom. The second kappa shape index (κ2) is 8.57. The van der Waals surface area contributed by atoms with Gasteiger partial charge in [-0.1, -0.05) is 45.4 Å². The SMILES string of the molecule is CCCCCCCC[C@@H]1CC[C@@](C)(OC(C)=O)CO1. The smallest absolute Gasteiger partial charge is 0.303 e. The van der Waals surface area contributed by atoms with Crippen LogP contribution in [0.4, 0.5) is 0 Å². The molecule has 112 valence electrons. The summed E-state index contributed by atoms with van der Waals surface area (Å²) in [7, 11) is 0. The first kappa shape index (κ1) is 16.5. The minimum atomic E-state index is -0.399. The number of hydrogen-bond acceptors (Lipinski definition) is 3. The van der Waals surface area contributed by atoms with E-state index in [2.05, 4.69) is 6.92 Å². The summed E-state index contributed by atoms with van der Waals surface area (Å²) in [6, 6.07) is 0. The van der Waals surface area contributed by atoms with E-state index in [1.54, 1.807) is 0 Å². The summed E-state index contributed by atoms with van der Waals surface area (Å²) >= 11 is 0. The number of carbonyl (C=O) groups excluding carboxylic acids is 1. The Morgan fingerprint density at radius 3 is 2.53 bits per heavy atom. The zero-order valence-electron chi connectivity index (χ0n) is 12.9. The van der Waals surface area contributed by atoms with Gasteiger partial charge in [0, 0.05) is 6.92 Å². The highest BCUT2D eigenvalue weighted by Crippen LogP contribution is 2.28. The predicted octanol–water partition coefficient (Wildman–Crippen LogP) is 4.24. The second-order valence-corrected chi connectivity index (χ2v) is 6.07. The molecule has 0 radical (unpaired) electrons. The molecule has 19 heavy (non-hydrogen) atoms. The average Bonchev–Trinajstić information content (AvgIpc) is 2.35. The van der Waals surface area contributed by atoms with Crippen LogP contribution in [0, 0.1) is 0 Å². The van der Waals surface area contributed by atoms with Crippen molar-refractivity contribution in [1.29, 1.82) is 0 Å². The average molecular weight is 270 g/mol. The normalized spacial score (nSPS) is 27.2. The quantitative estimate of drug-likeness (QED) is 0.489. The number of ether oxygens (including phenoxy) is 2. The fourth-order valence-electron chi connectivity index (χ4n) is 2.72. The van der Waals surface area contributed by atoms with Gasteiger partial charge in [0.25, 0.3) is 0 Å². The van der Waals surface area contributed by atoms with Gasteiger partial charge in [-0.3, -0.25) is 4.79 Å². The van der Waals surface area contributed by atoms with E-state index in [9.17, 15) is 4.79 Å². The number of rotatable bonds is 8. The molecule has 1 rings (SSSR count). The van der Waals surface area contributed by atoms with Crippen LogP contribution in [0.3, 0.4) is 0 Å². The largest absolute Gasteiger partial charge is 0.457 e. The molecule has 1 aliphatic heterocycles. The van der Waals surface area contributed by atoms with Gasteiger partial charge in [-0.05, 0) is 26.2 Å². The maximum absolute atomic E-state index is 11.0. The van der Waals surface area contributed by atoms with Gasteiger partial charge in [0.05, 0.1) is 12.7 Å². The Morgan fingerprint density at radius 2 is 1.95 bits per heavy atom. The molecule has 0 aromatic rings. The molecule has 0 saturated carbocycles. The van der Waals surface area contributed by atoms with E-state index >= 15 is 0 Å². The van der Waals surface area contributed by atoms with E-state index < -0.39 is 5.60 Å². The lowest BCUT2D eigenvalue weighted by molar-refractivity contribution is -0.175. The maximum Gasteiger partial charge on any atom is 0.303 e. The van der Waals surface area contributed by atoms with Crippen LogP contribution in [-0.4, -0.2) is 24.3 Å². The van der Waals surface area contributed by atoms with Crippen LogP contribution >= 0.6 is 0 Å². The van der Waals surface area contributed by atoms with E-state index in [-0.39, 0.29) is 5.97 Å². The number of esters is 1. The Labute approximate surface area is 118 Å². The highest BCUT2D eigenvalue weighted by molar-refractivity contribution is 5.66. The summed E-state index contributed by atoms with van der Waals surface area (Å²) in [5.74, 6) is -0.208. The van der Waals surface area contributed by atoms with Gasteiger partial charge in [-0.15, -0.1) is 0 Å². The maximum atomic E-state index is 11.0. The highest BCUT2D eigenvalue weighted by atomic mass is 16.6. The van der Waals surface area contributed by atoms with Gasteiger partial charge in [0.1, 0.15) is 5.60 Å². The fourth-order valence-corrected chi connectivity index (χ4v) is 2.72. The molecule has 0 aromatic carbocycles. The molecule has 0 bridgehead atoms. The predicted molar refractivity (Wildman–Crippen MR) is 77.1 cm³/mol. The summed E-state index contributed by atoms with van der Waals surface area (Å²) in [6.45, 7) is 6.23. The third-order valence-electron chi connectivity index (χ3n) is 3.89. The molecule has 0 N–H and O–H groups in total. The van der Waals surface area contributed by atoms with Crippen molar-refractivity contribution in [2.24, 2.45) is 0 Å². The second-order valence-electron chi connectivity index (χ2n) is 6.07. The Hall–Kier alpha value is -0.570. The third-order valence-corrected chi connectivity index (χ3v) is 3.89. The molecule has 0 aromatic heterocycles. The minimum absolute atomic E-state index is 0.208. The van der Waals surface area contributed by atoms with Gasteiger partial charge in [-0.25, -0.2) is 0 Å². The lowest BCUT2D eigenvalue weighted by Crippen LogP contribution is -2.42. The summed E-state index contributed by atoms with van der Waals surface area (Å²) < 4.78 is 11.2. The number of unbranched alkanes of at least 4 members (excludes halogenated alkanes) is 5. The molecule has 0 amide bonds. The van der Waals surface area contributed by atoms with Crippen molar-refractivity contribution in [3.63, 3.8) is 0 Å². The first-order valence-corrected chi connectivity index (χ1v) is 7.87. The molecule has 1 aliphatic rings. The highest BCUT2D eigenvalue weighted by Gasteiger charge is 2.34. The van der Waals surface area contributed by atoms with Crippen molar-refractivity contribution >= 4 is 5.97 Å². The molecule has 1 heterocycles. The van der Waals surface area contributed by atoms with Crippen LogP contribution in [-0.2, 0) is 14.3 Å². The van der Waals surface area contributed by atoms with Crippen molar-refractivity contribution in [2.45, 2.75) is 90.3 Å². The molecule has 0 unspecified atom stereocenters. The molecule has 0 aliphatic carbocycles. The van der Waals surface area contributed by atoms with Crippen molar-refractivity contribution in [1.82, 2.24) is 0 Å². The van der Waals surface area contributed by atoms with Crippen molar-refractivity contribution in [2.75, 3.05) is 6.61 Å². The first-order chi connectivity index (χ1) is 9.06. The van der Waals surface area contributed by atoms with Crippen LogP contribution in [0.2, 0.25) is 0 Å². The van der Waals surface area contributed by atoms with Crippen LogP contribution in [0.15, 0.2) is 0 Å². The van der Waals surface area contributed by atoms with E-state index in [0.29, 0.717) is 12.7 Å². The molecule has 0 spiro atoms. The summed E-state index contributed by atoms with van der Waals surface area (Å²) in [6.07, 6.45) is 11.4. The fraction of sp³-hybridized carbons (Fsp3) is 0.938. The van der Waals surface area contributed by atoms with Gasteiger partial charge in [0.15, 0.2) is 0 Å². The van der Waals surface area contributed by atoms with Gasteiger partial charge in [-0.2, -0.15) is 0 Å². The lowest BCUT2D eigenvalue weighted by atomic mass is 9.93. The van der Waals surface area contributed by atoms with Crippen LogP contribution < -0.4 is 0 Å². The molecular formula is C16H30O3. The van der Waals surface area contributed by atoms with E-state index in [0.717, 1.165) is 19.3 Å². The zero-order chi connectivity index (χ0) is 14.1. The standard InChI is InChI=1S/C16H30O3/c1-4-5-6-7-8-9-10-15-11-12-16(3,13-18-15)19-14(2)17/h15H,4-13H2,1-3H3/t15-,16-/m1/s1. The first-order valence-electron chi connectivity index (χ1n) is 7.87. The van der Waals surface area contributed by atoms with Crippen LogP contribution in [0.5, 0.6) is 0 Å². The lowest BCUT2D eigenvalue weighted by Gasteiger charge is -2.36. The van der Waals surface area contributed by atoms with Crippen LogP contribution in [0.1, 0.15) is 78.6 Å². The summed E-state index contributed by atoms with van der Waals surface area (Å²) in [5, 5.41) is 0. The minimum Gasteiger partial charge on any atom is -0.457 e. The zero-order valence-corrected chi connectivity index (χ0v) is 12.9. The molecule has 3 nitrogen and oxygen atoms in total. The van der Waals surface area contributed by atoms with Crippen molar-refractivity contribution < 1.29 is 14.3 Å². The Balaban J connectivity index is 2.08. The summed E-state index contributed by atoms with van der Waals surface area (Å²) in [5.41, 5.74) is -0.399. The number of hydrogen-bond donors (Lipinski definition) is 0. The topological polar surface area (TPSA) is 35.5 Å². The Kier molecular flexibility index (Phi) is 7.44. The third kappa shape index (κ3) is 6.95. The van der Waals surface area contributed by atoms with Gasteiger partial charge in [0.2, 0.25) is 0 Å². The monoisotopic (exact) mass is 270 g/mol. The van der Waals surface area contributed by atoms with Crippen LogP contribution in [0.25, 0.3) is 0 Å². The molecule has 3 heteroatoms. The number of carbonyl (C=O) groups is 1.